The monoisotopic (exact) mass is 302 g/mol. The molecule has 0 bridgehead atoms. The second-order valence-corrected chi connectivity index (χ2v) is 6.23. The summed E-state index contributed by atoms with van der Waals surface area (Å²) in [6.45, 7) is 3.22. The molecule has 4 rings (SSSR count). The second-order valence-electron chi connectivity index (χ2n) is 6.23. The molecule has 2 heterocycles. The quantitative estimate of drug-likeness (QED) is 0.794. The molecule has 2 nitrogen and oxygen atoms in total. The third-order valence-electron chi connectivity index (χ3n) is 4.94. The summed E-state index contributed by atoms with van der Waals surface area (Å²) >= 11 is 0. The van der Waals surface area contributed by atoms with E-state index in [0.717, 1.165) is 19.4 Å². The van der Waals surface area contributed by atoms with E-state index in [0.29, 0.717) is 0 Å². The van der Waals surface area contributed by atoms with Crippen molar-refractivity contribution in [2.75, 3.05) is 11.4 Å². The lowest BCUT2D eigenvalue weighted by Crippen LogP contribution is -2.20. The van der Waals surface area contributed by atoms with Crippen LogP contribution in [0.4, 0.5) is 5.82 Å². The standard InChI is InChI=1S/C21H22N2/c1-2-18(16-8-4-3-5-9-16)19-11-6-12-20(19)23-15-13-17-10-7-14-22-21(17)23/h2-5,7-10,14H,6,11-13,15H2,1H3/b18-2+. The Hall–Kier alpha value is -2.35. The van der Waals surface area contributed by atoms with E-state index in [1.54, 1.807) is 0 Å². The highest BCUT2D eigenvalue weighted by molar-refractivity contribution is 5.81. The largest absolute Gasteiger partial charge is 0.329 e. The third-order valence-corrected chi connectivity index (χ3v) is 4.94. The highest BCUT2D eigenvalue weighted by atomic mass is 15.2. The topological polar surface area (TPSA) is 16.1 Å². The molecule has 1 aromatic heterocycles. The predicted molar refractivity (Wildman–Crippen MR) is 96.3 cm³/mol. The summed E-state index contributed by atoms with van der Waals surface area (Å²) in [4.78, 5) is 7.11. The Morgan fingerprint density at radius 1 is 1.04 bits per heavy atom. The Morgan fingerprint density at radius 2 is 1.91 bits per heavy atom. The molecule has 0 spiro atoms. The van der Waals surface area contributed by atoms with Crippen LogP contribution in [0.15, 0.2) is 66.0 Å². The van der Waals surface area contributed by atoms with Crippen LogP contribution in [-0.4, -0.2) is 11.5 Å². The number of nitrogens with zero attached hydrogens (tertiary/aromatic N) is 2. The first-order chi connectivity index (χ1) is 11.4. The first-order valence-corrected chi connectivity index (χ1v) is 8.54. The molecule has 0 saturated carbocycles. The number of fused-ring (bicyclic) bond motifs is 1. The summed E-state index contributed by atoms with van der Waals surface area (Å²) in [6.07, 6.45) is 8.87. The number of rotatable bonds is 3. The van der Waals surface area contributed by atoms with Crippen molar-refractivity contribution >= 4 is 11.4 Å². The molecular weight excluding hydrogens is 280 g/mol. The molecule has 0 N–H and O–H groups in total. The number of anilines is 1. The zero-order chi connectivity index (χ0) is 15.6. The number of hydrogen-bond acceptors (Lipinski definition) is 2. The van der Waals surface area contributed by atoms with E-state index >= 15 is 0 Å². The van der Waals surface area contributed by atoms with Crippen molar-refractivity contribution in [1.82, 2.24) is 4.98 Å². The van der Waals surface area contributed by atoms with E-state index in [1.807, 2.05) is 12.3 Å². The van der Waals surface area contributed by atoms with Crippen molar-refractivity contribution in [2.45, 2.75) is 32.6 Å². The van der Waals surface area contributed by atoms with Crippen LogP contribution in [0.5, 0.6) is 0 Å². The van der Waals surface area contributed by atoms with Crippen molar-refractivity contribution in [3.63, 3.8) is 0 Å². The van der Waals surface area contributed by atoms with Gasteiger partial charge in [0.05, 0.1) is 0 Å². The highest BCUT2D eigenvalue weighted by Gasteiger charge is 2.28. The van der Waals surface area contributed by atoms with Crippen LogP contribution < -0.4 is 4.90 Å². The molecule has 1 aliphatic heterocycles. The molecule has 2 heteroatoms. The lowest BCUT2D eigenvalue weighted by molar-refractivity contribution is 0.846. The Labute approximate surface area is 138 Å². The van der Waals surface area contributed by atoms with Gasteiger partial charge >= 0.3 is 0 Å². The maximum atomic E-state index is 4.65. The smallest absolute Gasteiger partial charge is 0.135 e. The summed E-state index contributed by atoms with van der Waals surface area (Å²) in [5, 5.41) is 0. The van der Waals surface area contributed by atoms with Crippen LogP contribution in [0.25, 0.3) is 5.57 Å². The minimum Gasteiger partial charge on any atom is -0.329 e. The molecule has 0 fully saturated rings. The van der Waals surface area contributed by atoms with Crippen LogP contribution in [0.2, 0.25) is 0 Å². The van der Waals surface area contributed by atoms with Gasteiger partial charge in [0.25, 0.3) is 0 Å². The Morgan fingerprint density at radius 3 is 2.74 bits per heavy atom. The molecule has 0 atom stereocenters. The molecule has 1 aromatic carbocycles. The SMILES string of the molecule is C/C=C(/C1=C(N2CCc3cccnc32)CCC1)c1ccccc1. The highest BCUT2D eigenvalue weighted by Crippen LogP contribution is 2.41. The summed E-state index contributed by atoms with van der Waals surface area (Å²) in [7, 11) is 0. The predicted octanol–water partition coefficient (Wildman–Crippen LogP) is 4.99. The van der Waals surface area contributed by atoms with Crippen LogP contribution in [0, 0.1) is 0 Å². The van der Waals surface area contributed by atoms with Crippen LogP contribution in [0.3, 0.4) is 0 Å². The number of allylic oxidation sites excluding steroid dienone is 4. The van der Waals surface area contributed by atoms with Gasteiger partial charge in [-0.2, -0.15) is 0 Å². The summed E-state index contributed by atoms with van der Waals surface area (Å²) < 4.78 is 0. The zero-order valence-corrected chi connectivity index (χ0v) is 13.6. The molecule has 2 aromatic rings. The Balaban J connectivity index is 1.77. The molecular formula is C21H22N2. The fraction of sp³-hybridized carbons (Fsp3) is 0.286. The van der Waals surface area contributed by atoms with Gasteiger partial charge in [0.2, 0.25) is 0 Å². The number of hydrogen-bond donors (Lipinski definition) is 0. The van der Waals surface area contributed by atoms with Crippen molar-refractivity contribution < 1.29 is 0 Å². The van der Waals surface area contributed by atoms with Crippen LogP contribution in [-0.2, 0) is 6.42 Å². The van der Waals surface area contributed by atoms with E-state index in [9.17, 15) is 0 Å². The van der Waals surface area contributed by atoms with Crippen molar-refractivity contribution in [3.8, 4) is 0 Å². The van der Waals surface area contributed by atoms with Gasteiger partial charge in [-0.1, -0.05) is 42.5 Å². The van der Waals surface area contributed by atoms with Gasteiger partial charge in [0, 0.05) is 18.4 Å². The van der Waals surface area contributed by atoms with Crippen molar-refractivity contribution in [3.05, 3.63) is 77.1 Å². The third kappa shape index (κ3) is 2.48. The van der Waals surface area contributed by atoms with Gasteiger partial charge in [0.1, 0.15) is 5.82 Å². The minimum atomic E-state index is 1.07. The van der Waals surface area contributed by atoms with Gasteiger partial charge in [0.15, 0.2) is 0 Å². The van der Waals surface area contributed by atoms with Crippen LogP contribution >= 0.6 is 0 Å². The normalized spacial score (nSPS) is 17.8. The van der Waals surface area contributed by atoms with Crippen molar-refractivity contribution in [2.24, 2.45) is 0 Å². The average molecular weight is 302 g/mol. The average Bonchev–Trinajstić information content (AvgIpc) is 3.23. The first kappa shape index (κ1) is 14.3. The first-order valence-electron chi connectivity index (χ1n) is 8.54. The molecule has 0 radical (unpaired) electrons. The van der Waals surface area contributed by atoms with E-state index in [1.165, 1.54) is 46.6 Å². The Kier molecular flexibility index (Phi) is 3.74. The molecule has 0 saturated heterocycles. The van der Waals surface area contributed by atoms with Gasteiger partial charge in [-0.3, -0.25) is 0 Å². The maximum absolute atomic E-state index is 4.65. The number of aromatic nitrogens is 1. The number of pyridine rings is 1. The lowest BCUT2D eigenvalue weighted by atomic mass is 9.96. The summed E-state index contributed by atoms with van der Waals surface area (Å²) in [5.74, 6) is 1.17. The van der Waals surface area contributed by atoms with Crippen molar-refractivity contribution in [1.29, 1.82) is 0 Å². The second kappa shape index (κ2) is 6.04. The molecule has 116 valence electrons. The van der Waals surface area contributed by atoms with E-state index in [-0.39, 0.29) is 0 Å². The zero-order valence-electron chi connectivity index (χ0n) is 13.6. The summed E-state index contributed by atoms with van der Waals surface area (Å²) in [6, 6.07) is 15.0. The van der Waals surface area contributed by atoms with Crippen LogP contribution in [0.1, 0.15) is 37.3 Å². The van der Waals surface area contributed by atoms with Gasteiger partial charge in [-0.25, -0.2) is 4.98 Å². The van der Waals surface area contributed by atoms with Gasteiger partial charge < -0.3 is 4.90 Å². The van der Waals surface area contributed by atoms with E-state index in [4.69, 9.17) is 0 Å². The maximum Gasteiger partial charge on any atom is 0.135 e. The molecule has 23 heavy (non-hydrogen) atoms. The molecule has 0 amide bonds. The van der Waals surface area contributed by atoms with Gasteiger partial charge in [-0.15, -0.1) is 0 Å². The lowest BCUT2D eigenvalue weighted by Gasteiger charge is -2.23. The fourth-order valence-corrected chi connectivity index (χ4v) is 3.92. The van der Waals surface area contributed by atoms with E-state index in [2.05, 4.69) is 59.3 Å². The molecule has 1 aliphatic carbocycles. The molecule has 0 unspecified atom stereocenters. The fourth-order valence-electron chi connectivity index (χ4n) is 3.92. The Bertz CT molecular complexity index is 771. The number of benzene rings is 1. The molecule has 2 aliphatic rings. The van der Waals surface area contributed by atoms with Gasteiger partial charge in [-0.05, 0) is 60.9 Å². The minimum absolute atomic E-state index is 1.07. The summed E-state index contributed by atoms with van der Waals surface area (Å²) in [5.41, 5.74) is 7.09. The van der Waals surface area contributed by atoms with E-state index < -0.39 is 0 Å².